The summed E-state index contributed by atoms with van der Waals surface area (Å²) in [6.45, 7) is 2.47. The number of nitrogens with one attached hydrogen (secondary N) is 1. The molecule has 0 spiro atoms. The van der Waals surface area contributed by atoms with E-state index >= 15 is 0 Å². The summed E-state index contributed by atoms with van der Waals surface area (Å²) in [6, 6.07) is 5.56. The van der Waals surface area contributed by atoms with E-state index in [0.29, 0.717) is 23.3 Å². The SMILES string of the molecule is Cc1nc2nccc(C(=O)N(C)[C@H]3CCO[C@@H]3c3cccnc3)c2[nH]1. The maximum absolute atomic E-state index is 13.1. The number of imidazole rings is 1. The van der Waals surface area contributed by atoms with Gasteiger partial charge in [-0.2, -0.15) is 0 Å². The van der Waals surface area contributed by atoms with Gasteiger partial charge < -0.3 is 14.6 Å². The topological polar surface area (TPSA) is 84.0 Å². The van der Waals surface area contributed by atoms with Crippen molar-refractivity contribution in [1.29, 1.82) is 0 Å². The number of likely N-dealkylation sites (N-methyl/N-ethyl adjacent to an activating group) is 1. The van der Waals surface area contributed by atoms with Gasteiger partial charge in [-0.05, 0) is 25.5 Å². The molecule has 1 fully saturated rings. The molecule has 0 aliphatic carbocycles. The van der Waals surface area contributed by atoms with E-state index in [1.54, 1.807) is 29.6 Å². The zero-order chi connectivity index (χ0) is 17.4. The molecule has 1 N–H and O–H groups in total. The van der Waals surface area contributed by atoms with Crippen molar-refractivity contribution >= 4 is 17.1 Å². The highest BCUT2D eigenvalue weighted by Crippen LogP contribution is 2.32. The van der Waals surface area contributed by atoms with E-state index < -0.39 is 0 Å². The minimum absolute atomic E-state index is 0.0380. The molecule has 1 aliphatic heterocycles. The van der Waals surface area contributed by atoms with Crippen molar-refractivity contribution in [1.82, 2.24) is 24.8 Å². The Labute approximate surface area is 145 Å². The molecule has 1 saturated heterocycles. The van der Waals surface area contributed by atoms with Gasteiger partial charge in [-0.3, -0.25) is 9.78 Å². The summed E-state index contributed by atoms with van der Waals surface area (Å²) in [5.41, 5.74) is 2.80. The van der Waals surface area contributed by atoms with Gasteiger partial charge in [-0.1, -0.05) is 6.07 Å². The summed E-state index contributed by atoms with van der Waals surface area (Å²) in [7, 11) is 1.82. The Balaban J connectivity index is 1.65. The van der Waals surface area contributed by atoms with E-state index in [0.717, 1.165) is 17.8 Å². The molecule has 25 heavy (non-hydrogen) atoms. The number of aromatic amines is 1. The first-order valence-electron chi connectivity index (χ1n) is 8.25. The second kappa shape index (κ2) is 6.25. The summed E-state index contributed by atoms with van der Waals surface area (Å²) < 4.78 is 5.88. The van der Waals surface area contributed by atoms with Crippen molar-refractivity contribution in [2.45, 2.75) is 25.5 Å². The number of nitrogens with zero attached hydrogens (tertiary/aromatic N) is 4. The summed E-state index contributed by atoms with van der Waals surface area (Å²) >= 11 is 0. The summed E-state index contributed by atoms with van der Waals surface area (Å²) in [5.74, 6) is 0.670. The lowest BCUT2D eigenvalue weighted by Gasteiger charge is -2.28. The number of fused-ring (bicyclic) bond motifs is 1. The van der Waals surface area contributed by atoms with E-state index in [-0.39, 0.29) is 18.1 Å². The highest BCUT2D eigenvalue weighted by Gasteiger charge is 2.35. The Morgan fingerprint density at radius 1 is 1.36 bits per heavy atom. The molecule has 2 atom stereocenters. The second-order valence-corrected chi connectivity index (χ2v) is 6.23. The van der Waals surface area contributed by atoms with Crippen LogP contribution in [0.2, 0.25) is 0 Å². The molecule has 1 aliphatic rings. The first-order valence-corrected chi connectivity index (χ1v) is 8.25. The number of H-pyrrole nitrogens is 1. The fraction of sp³-hybridized carbons (Fsp3) is 0.333. The molecule has 4 heterocycles. The van der Waals surface area contributed by atoms with Crippen molar-refractivity contribution in [2.75, 3.05) is 13.7 Å². The van der Waals surface area contributed by atoms with E-state index in [2.05, 4.69) is 19.9 Å². The average molecular weight is 337 g/mol. The van der Waals surface area contributed by atoms with Gasteiger partial charge in [0, 0.05) is 37.8 Å². The number of hydrogen-bond donors (Lipinski definition) is 1. The monoisotopic (exact) mass is 337 g/mol. The van der Waals surface area contributed by atoms with Gasteiger partial charge in [0.2, 0.25) is 0 Å². The average Bonchev–Trinajstić information content (AvgIpc) is 3.26. The lowest BCUT2D eigenvalue weighted by Crippen LogP contribution is -2.39. The third-order valence-electron chi connectivity index (χ3n) is 4.63. The quantitative estimate of drug-likeness (QED) is 0.792. The first-order chi connectivity index (χ1) is 12.1. The normalized spacial score (nSPS) is 20.1. The van der Waals surface area contributed by atoms with Crippen LogP contribution in [-0.4, -0.2) is 50.4 Å². The van der Waals surface area contributed by atoms with Crippen molar-refractivity contribution < 1.29 is 9.53 Å². The fourth-order valence-corrected chi connectivity index (χ4v) is 3.38. The van der Waals surface area contributed by atoms with Crippen LogP contribution in [0.3, 0.4) is 0 Å². The smallest absolute Gasteiger partial charge is 0.256 e. The molecular weight excluding hydrogens is 318 g/mol. The van der Waals surface area contributed by atoms with Gasteiger partial charge in [0.05, 0.1) is 17.1 Å². The highest BCUT2D eigenvalue weighted by atomic mass is 16.5. The summed E-state index contributed by atoms with van der Waals surface area (Å²) in [6.07, 6.45) is 5.77. The van der Waals surface area contributed by atoms with Crippen molar-refractivity contribution in [3.05, 3.63) is 53.7 Å². The second-order valence-electron chi connectivity index (χ2n) is 6.23. The molecule has 1 amide bonds. The molecule has 3 aromatic rings. The maximum atomic E-state index is 13.1. The Bertz CT molecular complexity index is 908. The van der Waals surface area contributed by atoms with Crippen LogP contribution >= 0.6 is 0 Å². The number of pyridine rings is 2. The zero-order valence-electron chi connectivity index (χ0n) is 14.1. The minimum atomic E-state index is -0.163. The Morgan fingerprint density at radius 2 is 2.24 bits per heavy atom. The number of aryl methyl sites for hydroxylation is 1. The zero-order valence-corrected chi connectivity index (χ0v) is 14.1. The number of rotatable bonds is 3. The van der Waals surface area contributed by atoms with Crippen molar-refractivity contribution in [2.24, 2.45) is 0 Å². The number of ether oxygens (including phenoxy) is 1. The summed E-state index contributed by atoms with van der Waals surface area (Å²) in [4.78, 5) is 30.7. The van der Waals surface area contributed by atoms with Crippen LogP contribution < -0.4 is 0 Å². The molecule has 0 radical (unpaired) electrons. The highest BCUT2D eigenvalue weighted by molar-refractivity contribution is 6.04. The Morgan fingerprint density at radius 3 is 3.04 bits per heavy atom. The molecule has 4 rings (SSSR count). The van der Waals surface area contributed by atoms with E-state index in [4.69, 9.17) is 4.74 Å². The van der Waals surface area contributed by atoms with Gasteiger partial charge in [0.25, 0.3) is 5.91 Å². The predicted octanol–water partition coefficient (Wildman–Crippen LogP) is 2.26. The van der Waals surface area contributed by atoms with Crippen LogP contribution in [0.15, 0.2) is 36.8 Å². The third kappa shape index (κ3) is 2.76. The van der Waals surface area contributed by atoms with Crippen LogP contribution in [0.25, 0.3) is 11.2 Å². The first kappa shape index (κ1) is 15.7. The van der Waals surface area contributed by atoms with Gasteiger partial charge in [0.1, 0.15) is 11.9 Å². The standard InChI is InChI=1S/C18H19N5O2/c1-11-21-15-13(5-8-20-17(15)22-11)18(24)23(2)14-6-9-25-16(14)12-4-3-7-19-10-12/h3-5,7-8,10,14,16H,6,9H2,1-2H3,(H,20,21,22)/t14-,16+/m0/s1. The number of aromatic nitrogens is 4. The molecule has 7 nitrogen and oxygen atoms in total. The number of carbonyl (C=O) groups is 1. The molecule has 0 saturated carbocycles. The van der Waals surface area contributed by atoms with Crippen molar-refractivity contribution in [3.8, 4) is 0 Å². The lowest BCUT2D eigenvalue weighted by molar-refractivity contribution is 0.0516. The van der Waals surface area contributed by atoms with E-state index in [1.807, 2.05) is 26.1 Å². The molecule has 0 bridgehead atoms. The third-order valence-corrected chi connectivity index (χ3v) is 4.63. The van der Waals surface area contributed by atoms with Gasteiger partial charge >= 0.3 is 0 Å². The van der Waals surface area contributed by atoms with Crippen LogP contribution in [-0.2, 0) is 4.74 Å². The molecule has 128 valence electrons. The maximum Gasteiger partial charge on any atom is 0.256 e. The molecular formula is C18H19N5O2. The van der Waals surface area contributed by atoms with Crippen molar-refractivity contribution in [3.63, 3.8) is 0 Å². The van der Waals surface area contributed by atoms with Crippen LogP contribution in [0.5, 0.6) is 0 Å². The van der Waals surface area contributed by atoms with Gasteiger partial charge in [-0.15, -0.1) is 0 Å². The van der Waals surface area contributed by atoms with Gasteiger partial charge in [-0.25, -0.2) is 9.97 Å². The lowest BCUT2D eigenvalue weighted by atomic mass is 10.0. The Hall–Kier alpha value is -2.80. The number of carbonyl (C=O) groups excluding carboxylic acids is 1. The largest absolute Gasteiger partial charge is 0.371 e. The molecule has 0 unspecified atom stereocenters. The fourth-order valence-electron chi connectivity index (χ4n) is 3.38. The summed E-state index contributed by atoms with van der Waals surface area (Å²) in [5, 5.41) is 0. The molecule has 0 aromatic carbocycles. The van der Waals surface area contributed by atoms with E-state index in [9.17, 15) is 4.79 Å². The minimum Gasteiger partial charge on any atom is -0.371 e. The van der Waals surface area contributed by atoms with E-state index in [1.165, 1.54) is 0 Å². The van der Waals surface area contributed by atoms with Crippen LogP contribution in [0.1, 0.15) is 34.3 Å². The predicted molar refractivity (Wildman–Crippen MR) is 92.1 cm³/mol. The Kier molecular flexibility index (Phi) is 3.93. The van der Waals surface area contributed by atoms with Crippen LogP contribution in [0, 0.1) is 6.92 Å². The molecule has 7 heteroatoms. The number of hydrogen-bond acceptors (Lipinski definition) is 5. The van der Waals surface area contributed by atoms with Crippen LogP contribution in [0.4, 0.5) is 0 Å². The van der Waals surface area contributed by atoms with Gasteiger partial charge in [0.15, 0.2) is 5.65 Å². The number of amides is 1. The molecule has 3 aromatic heterocycles.